The lowest BCUT2D eigenvalue weighted by Crippen LogP contribution is -2.40. The van der Waals surface area contributed by atoms with Crippen LogP contribution in [-0.2, 0) is 21.3 Å². The molecule has 8 nitrogen and oxygen atoms in total. The second-order valence-corrected chi connectivity index (χ2v) is 8.96. The number of hydrogen-bond donors (Lipinski definition) is 1. The number of imidazole rings is 1. The van der Waals surface area contributed by atoms with Crippen molar-refractivity contribution in [2.75, 3.05) is 33.4 Å². The number of nitrogens with one attached hydrogen (secondary N) is 1. The summed E-state index contributed by atoms with van der Waals surface area (Å²) in [5.74, 6) is -0.867. The number of nitrogens with zero attached hydrogens (tertiary/aromatic N) is 3. The Hall–Kier alpha value is -2.82. The number of aromatic amines is 1. The fraction of sp³-hybridized carbons (Fsp3) is 0.300. The maximum Gasteiger partial charge on any atom is 0.257 e. The van der Waals surface area contributed by atoms with Crippen LogP contribution in [0.3, 0.4) is 0 Å². The lowest BCUT2D eigenvalue weighted by atomic mass is 10.2. The number of benzene rings is 2. The number of fused-ring (bicyclic) bond motifs is 1. The van der Waals surface area contributed by atoms with Crippen molar-refractivity contribution in [1.82, 2.24) is 19.2 Å². The molecule has 1 amide bonds. The molecule has 0 bridgehead atoms. The van der Waals surface area contributed by atoms with E-state index in [0.717, 1.165) is 23.2 Å². The van der Waals surface area contributed by atoms with Gasteiger partial charge >= 0.3 is 0 Å². The molecule has 4 rings (SSSR count). The average molecular weight is 432 g/mol. The van der Waals surface area contributed by atoms with Gasteiger partial charge in [-0.1, -0.05) is 12.1 Å². The summed E-state index contributed by atoms with van der Waals surface area (Å²) >= 11 is 0. The van der Waals surface area contributed by atoms with Crippen molar-refractivity contribution >= 4 is 27.0 Å². The third kappa shape index (κ3) is 3.93. The van der Waals surface area contributed by atoms with Crippen LogP contribution >= 0.6 is 0 Å². The Kier molecular flexibility index (Phi) is 5.54. The summed E-state index contributed by atoms with van der Waals surface area (Å²) < 4.78 is 46.6. The van der Waals surface area contributed by atoms with Crippen LogP contribution in [0.15, 0.2) is 47.4 Å². The molecule has 0 atom stereocenters. The van der Waals surface area contributed by atoms with Crippen molar-refractivity contribution in [2.24, 2.45) is 0 Å². The summed E-state index contributed by atoms with van der Waals surface area (Å²) in [7, 11) is -2.33. The van der Waals surface area contributed by atoms with E-state index < -0.39 is 21.7 Å². The zero-order valence-corrected chi connectivity index (χ0v) is 17.2. The number of hydrogen-bond acceptors (Lipinski definition) is 5. The minimum atomic E-state index is -3.84. The SMILES string of the molecule is CN(Cc1nc2ccccc2[nH]1)C(=O)c1cc(S(=O)(=O)N2CCOCC2)ccc1F. The Bertz CT molecular complexity index is 1160. The predicted octanol–water partition coefficient (Wildman–Crippen LogP) is 2.00. The minimum Gasteiger partial charge on any atom is -0.379 e. The Morgan fingerprint density at radius 1 is 1.23 bits per heavy atom. The van der Waals surface area contributed by atoms with Gasteiger partial charge in [0, 0.05) is 20.1 Å². The molecule has 2 heterocycles. The maximum atomic E-state index is 14.4. The van der Waals surface area contributed by atoms with E-state index in [9.17, 15) is 17.6 Å². The zero-order valence-electron chi connectivity index (χ0n) is 16.3. The van der Waals surface area contributed by atoms with Gasteiger partial charge in [-0.3, -0.25) is 4.79 Å². The van der Waals surface area contributed by atoms with Crippen LogP contribution in [0.4, 0.5) is 4.39 Å². The Labute approximate surface area is 173 Å². The Balaban J connectivity index is 1.57. The van der Waals surface area contributed by atoms with Gasteiger partial charge in [0.1, 0.15) is 11.6 Å². The first-order chi connectivity index (χ1) is 14.4. The normalized spacial score (nSPS) is 15.4. The standard InChI is InChI=1S/C20H21FN4O4S/c1-24(13-19-22-17-4-2-3-5-18(17)23-19)20(26)15-12-14(6-7-16(15)21)30(27,28)25-8-10-29-11-9-25/h2-7,12H,8-11,13H2,1H3,(H,22,23). The van der Waals surface area contributed by atoms with Crippen LogP contribution in [0.2, 0.25) is 0 Å². The minimum absolute atomic E-state index is 0.118. The number of halogens is 1. The second kappa shape index (κ2) is 8.13. The monoisotopic (exact) mass is 432 g/mol. The summed E-state index contributed by atoms with van der Waals surface area (Å²) in [5, 5.41) is 0. The number of carbonyl (C=O) groups is 1. The van der Waals surface area contributed by atoms with Crippen molar-refractivity contribution in [3.05, 3.63) is 59.7 Å². The fourth-order valence-electron chi connectivity index (χ4n) is 3.35. The van der Waals surface area contributed by atoms with Crippen molar-refractivity contribution in [3.63, 3.8) is 0 Å². The first-order valence-corrected chi connectivity index (χ1v) is 10.9. The molecule has 1 fully saturated rings. The highest BCUT2D eigenvalue weighted by molar-refractivity contribution is 7.89. The van der Waals surface area contributed by atoms with Crippen LogP contribution in [-0.4, -0.2) is 66.8 Å². The number of ether oxygens (including phenoxy) is 1. The molecule has 0 radical (unpaired) electrons. The molecule has 1 aliphatic rings. The van der Waals surface area contributed by atoms with Crippen LogP contribution in [0, 0.1) is 5.82 Å². The molecule has 1 N–H and O–H groups in total. The van der Waals surface area contributed by atoms with Crippen molar-refractivity contribution in [2.45, 2.75) is 11.4 Å². The van der Waals surface area contributed by atoms with E-state index in [1.807, 2.05) is 24.3 Å². The van der Waals surface area contributed by atoms with Gasteiger partial charge in [-0.2, -0.15) is 4.31 Å². The van der Waals surface area contributed by atoms with Crippen LogP contribution in [0.1, 0.15) is 16.2 Å². The number of sulfonamides is 1. The molecule has 10 heteroatoms. The van der Waals surface area contributed by atoms with Gasteiger partial charge in [-0.25, -0.2) is 17.8 Å². The van der Waals surface area contributed by atoms with Crippen LogP contribution in [0.5, 0.6) is 0 Å². The first kappa shape index (κ1) is 20.5. The lowest BCUT2D eigenvalue weighted by molar-refractivity contribution is 0.0730. The molecule has 3 aromatic rings. The summed E-state index contributed by atoms with van der Waals surface area (Å²) in [6, 6.07) is 10.7. The van der Waals surface area contributed by atoms with E-state index in [4.69, 9.17) is 4.74 Å². The van der Waals surface area contributed by atoms with Gasteiger partial charge < -0.3 is 14.6 Å². The molecular formula is C20H21FN4O4S. The highest BCUT2D eigenvalue weighted by atomic mass is 32.2. The third-order valence-corrected chi connectivity index (χ3v) is 6.84. The summed E-state index contributed by atoms with van der Waals surface area (Å²) in [4.78, 5) is 21.6. The summed E-state index contributed by atoms with van der Waals surface area (Å²) in [6.45, 7) is 1.15. The molecule has 1 saturated heterocycles. The molecule has 158 valence electrons. The third-order valence-electron chi connectivity index (χ3n) is 4.95. The Morgan fingerprint density at radius 3 is 2.70 bits per heavy atom. The van der Waals surface area contributed by atoms with Crippen molar-refractivity contribution in [1.29, 1.82) is 0 Å². The van der Waals surface area contributed by atoms with Gasteiger partial charge in [0.2, 0.25) is 10.0 Å². The topological polar surface area (TPSA) is 95.6 Å². The quantitative estimate of drug-likeness (QED) is 0.665. The molecule has 1 aliphatic heterocycles. The molecule has 0 unspecified atom stereocenters. The number of amides is 1. The van der Waals surface area contributed by atoms with Crippen LogP contribution in [0.25, 0.3) is 11.0 Å². The summed E-state index contributed by atoms with van der Waals surface area (Å²) in [5.41, 5.74) is 1.29. The van der Waals surface area contributed by atoms with E-state index in [1.165, 1.54) is 22.3 Å². The Morgan fingerprint density at radius 2 is 1.97 bits per heavy atom. The maximum absolute atomic E-state index is 14.4. The number of rotatable bonds is 5. The van der Waals surface area contributed by atoms with Gasteiger partial charge in [-0.05, 0) is 30.3 Å². The zero-order chi connectivity index (χ0) is 21.3. The summed E-state index contributed by atoms with van der Waals surface area (Å²) in [6.07, 6.45) is 0. The van der Waals surface area contributed by atoms with Crippen molar-refractivity contribution < 1.29 is 22.3 Å². The average Bonchev–Trinajstić information content (AvgIpc) is 3.16. The highest BCUT2D eigenvalue weighted by Gasteiger charge is 2.28. The van der Waals surface area contributed by atoms with Crippen LogP contribution < -0.4 is 0 Å². The molecule has 1 aromatic heterocycles. The molecule has 2 aromatic carbocycles. The fourth-order valence-corrected chi connectivity index (χ4v) is 4.78. The smallest absolute Gasteiger partial charge is 0.257 e. The molecular weight excluding hydrogens is 411 g/mol. The first-order valence-electron chi connectivity index (χ1n) is 9.43. The van der Waals surface area contributed by atoms with E-state index in [0.29, 0.717) is 19.0 Å². The lowest BCUT2D eigenvalue weighted by Gasteiger charge is -2.26. The van der Waals surface area contributed by atoms with Gasteiger partial charge in [0.05, 0.1) is 41.3 Å². The van der Waals surface area contributed by atoms with E-state index in [2.05, 4.69) is 9.97 Å². The van der Waals surface area contributed by atoms with Gasteiger partial charge in [0.25, 0.3) is 5.91 Å². The highest BCUT2D eigenvalue weighted by Crippen LogP contribution is 2.22. The van der Waals surface area contributed by atoms with Gasteiger partial charge in [-0.15, -0.1) is 0 Å². The molecule has 0 spiro atoms. The molecule has 0 saturated carbocycles. The van der Waals surface area contributed by atoms with Crippen molar-refractivity contribution in [3.8, 4) is 0 Å². The van der Waals surface area contributed by atoms with E-state index in [1.54, 1.807) is 0 Å². The number of aromatic nitrogens is 2. The predicted molar refractivity (Wildman–Crippen MR) is 108 cm³/mol. The number of para-hydroxylation sites is 2. The molecule has 30 heavy (non-hydrogen) atoms. The number of H-pyrrole nitrogens is 1. The van der Waals surface area contributed by atoms with E-state index >= 15 is 0 Å². The largest absolute Gasteiger partial charge is 0.379 e. The van der Waals surface area contributed by atoms with Gasteiger partial charge in [0.15, 0.2) is 0 Å². The molecule has 0 aliphatic carbocycles. The number of carbonyl (C=O) groups excluding carboxylic acids is 1. The second-order valence-electron chi connectivity index (χ2n) is 7.02. The van der Waals surface area contributed by atoms with E-state index in [-0.39, 0.29) is 30.1 Å². The number of morpholine rings is 1.